The van der Waals surface area contributed by atoms with Gasteiger partial charge in [-0.25, -0.2) is 22.8 Å². The standard InChI is InChI=1S/C28H27F3N2O5S/c1-18-11-13-24(14-12-18)39(36,37)32-25(21-9-6-10-22(16-21)28(29,30)31)19(2)26(34)33-23(17-38-27(33)35)15-20-7-4-3-5-8-20/h3-14,16,19,23,25,32H,15,17H2,1-2H3/t19?,23-,25-/m0/s1. The second-order valence-corrected chi connectivity index (χ2v) is 11.2. The number of rotatable bonds is 8. The number of amides is 2. The number of nitrogens with one attached hydrogen (secondary N) is 1. The molecule has 1 aliphatic rings. The molecule has 7 nitrogen and oxygen atoms in total. The highest BCUT2D eigenvalue weighted by molar-refractivity contribution is 7.89. The summed E-state index contributed by atoms with van der Waals surface area (Å²) < 4.78 is 74.6. The normalized spacial score (nSPS) is 17.5. The van der Waals surface area contributed by atoms with Gasteiger partial charge in [0.15, 0.2) is 0 Å². The van der Waals surface area contributed by atoms with Crippen molar-refractivity contribution in [3.63, 3.8) is 0 Å². The SMILES string of the molecule is Cc1ccc(S(=O)(=O)N[C@H](c2cccc(C(F)(F)F)c2)C(C)C(=O)N2C(=O)OC[C@@H]2Cc2ccccc2)cc1. The fraction of sp³-hybridized carbons (Fsp3) is 0.286. The van der Waals surface area contributed by atoms with Crippen LogP contribution >= 0.6 is 0 Å². The van der Waals surface area contributed by atoms with Crippen LogP contribution in [0, 0.1) is 12.8 Å². The number of benzene rings is 3. The lowest BCUT2D eigenvalue weighted by Gasteiger charge is -2.29. The van der Waals surface area contributed by atoms with Crippen molar-refractivity contribution in [2.75, 3.05) is 6.61 Å². The number of imide groups is 1. The van der Waals surface area contributed by atoms with Crippen molar-refractivity contribution < 1.29 is 35.9 Å². The first kappa shape index (κ1) is 28.3. The second-order valence-electron chi connectivity index (χ2n) is 9.45. The summed E-state index contributed by atoms with van der Waals surface area (Å²) >= 11 is 0. The maximum atomic E-state index is 13.7. The van der Waals surface area contributed by atoms with Crippen molar-refractivity contribution in [3.05, 3.63) is 101 Å². The first-order chi connectivity index (χ1) is 18.4. The Morgan fingerprint density at radius 2 is 1.72 bits per heavy atom. The van der Waals surface area contributed by atoms with Gasteiger partial charge in [-0.2, -0.15) is 13.2 Å². The molecule has 1 fully saturated rings. The number of sulfonamides is 1. The number of ether oxygens (including phenoxy) is 1. The Bertz CT molecular complexity index is 1440. The molecule has 4 rings (SSSR count). The molecule has 0 aromatic heterocycles. The van der Waals surface area contributed by atoms with E-state index >= 15 is 0 Å². The molecule has 0 bridgehead atoms. The molecule has 1 aliphatic heterocycles. The summed E-state index contributed by atoms with van der Waals surface area (Å²) in [4.78, 5) is 27.1. The first-order valence-corrected chi connectivity index (χ1v) is 13.6. The van der Waals surface area contributed by atoms with E-state index < -0.39 is 51.8 Å². The fourth-order valence-electron chi connectivity index (χ4n) is 4.45. The second kappa shape index (κ2) is 11.2. The molecule has 1 unspecified atom stereocenters. The minimum Gasteiger partial charge on any atom is -0.447 e. The van der Waals surface area contributed by atoms with E-state index in [1.54, 1.807) is 19.1 Å². The Morgan fingerprint density at radius 1 is 1.05 bits per heavy atom. The topological polar surface area (TPSA) is 92.8 Å². The van der Waals surface area contributed by atoms with Crippen molar-refractivity contribution >= 4 is 22.0 Å². The van der Waals surface area contributed by atoms with E-state index in [1.807, 2.05) is 30.3 Å². The van der Waals surface area contributed by atoms with Gasteiger partial charge in [0.05, 0.1) is 28.5 Å². The predicted molar refractivity (Wildman–Crippen MR) is 137 cm³/mol. The summed E-state index contributed by atoms with van der Waals surface area (Å²) in [7, 11) is -4.27. The van der Waals surface area contributed by atoms with Crippen molar-refractivity contribution in [1.82, 2.24) is 9.62 Å². The van der Waals surface area contributed by atoms with E-state index in [0.717, 1.165) is 34.2 Å². The molecule has 3 atom stereocenters. The molecule has 0 saturated carbocycles. The molecule has 2 amide bonds. The lowest BCUT2D eigenvalue weighted by Crippen LogP contribution is -2.46. The quantitative estimate of drug-likeness (QED) is 0.406. The smallest absolute Gasteiger partial charge is 0.416 e. The maximum Gasteiger partial charge on any atom is 0.416 e. The van der Waals surface area contributed by atoms with Gasteiger partial charge in [-0.15, -0.1) is 0 Å². The molecule has 0 spiro atoms. The zero-order valence-corrected chi connectivity index (χ0v) is 22.0. The molecular formula is C28H27F3N2O5S. The summed E-state index contributed by atoms with van der Waals surface area (Å²) in [6.07, 6.45) is -5.28. The van der Waals surface area contributed by atoms with Gasteiger partial charge in [-0.1, -0.05) is 67.1 Å². The van der Waals surface area contributed by atoms with Crippen LogP contribution in [-0.4, -0.2) is 38.0 Å². The number of nitrogens with zero attached hydrogens (tertiary/aromatic N) is 1. The maximum absolute atomic E-state index is 13.7. The monoisotopic (exact) mass is 560 g/mol. The summed E-state index contributed by atoms with van der Waals surface area (Å²) in [5, 5.41) is 0. The van der Waals surface area contributed by atoms with Crippen LogP contribution in [0.1, 0.15) is 35.2 Å². The molecule has 3 aromatic rings. The zero-order chi connectivity index (χ0) is 28.4. The third-order valence-corrected chi connectivity index (χ3v) is 8.05. The third-order valence-electron chi connectivity index (χ3n) is 6.59. The number of halogens is 3. The summed E-state index contributed by atoms with van der Waals surface area (Å²) in [6.45, 7) is 3.09. The minimum absolute atomic E-state index is 0.0600. The van der Waals surface area contributed by atoms with Crippen LogP contribution < -0.4 is 4.72 Å². The van der Waals surface area contributed by atoms with Gasteiger partial charge in [0, 0.05) is 0 Å². The molecule has 39 heavy (non-hydrogen) atoms. The Balaban J connectivity index is 1.70. The molecule has 0 radical (unpaired) electrons. The molecule has 1 heterocycles. The minimum atomic E-state index is -4.69. The van der Waals surface area contributed by atoms with Gasteiger partial charge in [0.25, 0.3) is 0 Å². The molecule has 0 aliphatic carbocycles. The van der Waals surface area contributed by atoms with Crippen LogP contribution in [0.2, 0.25) is 0 Å². The summed E-state index contributed by atoms with van der Waals surface area (Å²) in [5.41, 5.74) is 0.583. The number of carbonyl (C=O) groups excluding carboxylic acids is 2. The van der Waals surface area contributed by atoms with Crippen LogP contribution in [0.25, 0.3) is 0 Å². The first-order valence-electron chi connectivity index (χ1n) is 12.2. The van der Waals surface area contributed by atoms with E-state index in [1.165, 1.54) is 25.1 Å². The van der Waals surface area contributed by atoms with Crippen molar-refractivity contribution in [2.24, 2.45) is 5.92 Å². The van der Waals surface area contributed by atoms with E-state index in [9.17, 15) is 31.2 Å². The molecule has 3 aromatic carbocycles. The van der Waals surface area contributed by atoms with Gasteiger partial charge in [0.2, 0.25) is 15.9 Å². The number of carbonyl (C=O) groups is 2. The van der Waals surface area contributed by atoms with Crippen molar-refractivity contribution in [2.45, 2.75) is 43.4 Å². The highest BCUT2D eigenvalue weighted by Gasteiger charge is 2.43. The van der Waals surface area contributed by atoms with E-state index in [0.29, 0.717) is 6.42 Å². The van der Waals surface area contributed by atoms with Gasteiger partial charge in [-0.3, -0.25) is 4.79 Å². The highest BCUT2D eigenvalue weighted by atomic mass is 32.2. The molecule has 1 saturated heterocycles. The third kappa shape index (κ3) is 6.48. The van der Waals surface area contributed by atoms with Crippen molar-refractivity contribution in [1.29, 1.82) is 0 Å². The lowest BCUT2D eigenvalue weighted by atomic mass is 9.92. The zero-order valence-electron chi connectivity index (χ0n) is 21.2. The number of hydrogen-bond donors (Lipinski definition) is 1. The van der Waals surface area contributed by atoms with Crippen LogP contribution in [0.15, 0.2) is 83.8 Å². The Kier molecular flexibility index (Phi) is 8.12. The number of cyclic esters (lactones) is 1. The average Bonchev–Trinajstić information content (AvgIpc) is 3.26. The van der Waals surface area contributed by atoms with Crippen LogP contribution in [0.5, 0.6) is 0 Å². The lowest BCUT2D eigenvalue weighted by molar-refractivity contribution is -0.137. The van der Waals surface area contributed by atoms with Crippen LogP contribution in [-0.2, 0) is 32.2 Å². The average molecular weight is 561 g/mol. The van der Waals surface area contributed by atoms with E-state index in [2.05, 4.69) is 4.72 Å². The Labute approximate surface area is 224 Å². The van der Waals surface area contributed by atoms with Gasteiger partial charge >= 0.3 is 12.3 Å². The largest absolute Gasteiger partial charge is 0.447 e. The number of hydrogen-bond acceptors (Lipinski definition) is 5. The van der Waals surface area contributed by atoms with E-state index in [4.69, 9.17) is 4.74 Å². The Morgan fingerprint density at radius 3 is 2.36 bits per heavy atom. The molecule has 11 heteroatoms. The van der Waals surface area contributed by atoms with Gasteiger partial charge < -0.3 is 4.74 Å². The Hall–Kier alpha value is -3.70. The van der Waals surface area contributed by atoms with E-state index in [-0.39, 0.29) is 17.1 Å². The van der Waals surface area contributed by atoms with Gasteiger partial charge in [-0.05, 0) is 48.7 Å². The molecule has 206 valence electrons. The highest BCUT2D eigenvalue weighted by Crippen LogP contribution is 2.34. The fourth-order valence-corrected chi connectivity index (χ4v) is 5.75. The van der Waals surface area contributed by atoms with Crippen LogP contribution in [0.3, 0.4) is 0 Å². The van der Waals surface area contributed by atoms with Gasteiger partial charge in [0.1, 0.15) is 6.61 Å². The van der Waals surface area contributed by atoms with Crippen molar-refractivity contribution in [3.8, 4) is 0 Å². The number of aryl methyl sites for hydroxylation is 1. The van der Waals surface area contributed by atoms with Crippen LogP contribution in [0.4, 0.5) is 18.0 Å². The predicted octanol–water partition coefficient (Wildman–Crippen LogP) is 5.26. The molecule has 1 N–H and O–H groups in total. The summed E-state index contributed by atoms with van der Waals surface area (Å²) in [6, 6.07) is 17.0. The molecular weight excluding hydrogens is 533 g/mol. The summed E-state index contributed by atoms with van der Waals surface area (Å²) in [5.74, 6) is -2.04. The number of alkyl halides is 3.